The highest BCUT2D eigenvalue weighted by atomic mass is 79.9. The number of halogens is 1. The summed E-state index contributed by atoms with van der Waals surface area (Å²) in [7, 11) is 0. The molecule has 2 aromatic rings. The number of nitrogens with zero attached hydrogens (tertiary/aromatic N) is 4. The lowest BCUT2D eigenvalue weighted by atomic mass is 10.5. The molecule has 0 atom stereocenters. The molecule has 0 bridgehead atoms. The van der Waals surface area contributed by atoms with E-state index in [2.05, 4.69) is 30.9 Å². The molecule has 18 heavy (non-hydrogen) atoms. The van der Waals surface area contributed by atoms with Gasteiger partial charge < -0.3 is 5.73 Å². The van der Waals surface area contributed by atoms with Crippen molar-refractivity contribution in [3.8, 4) is 0 Å². The van der Waals surface area contributed by atoms with E-state index in [-0.39, 0.29) is 16.5 Å². The van der Waals surface area contributed by atoms with Gasteiger partial charge in [0.05, 0.1) is 4.92 Å². The number of pyridine rings is 1. The van der Waals surface area contributed by atoms with E-state index in [1.54, 1.807) is 18.3 Å². The minimum Gasteiger partial charge on any atom is -0.378 e. The molecule has 7 nitrogen and oxygen atoms in total. The highest BCUT2D eigenvalue weighted by Gasteiger charge is 2.21. The minimum absolute atomic E-state index is 0.158. The summed E-state index contributed by atoms with van der Waals surface area (Å²) < 4.78 is 0.823. The Morgan fingerprint density at radius 3 is 2.72 bits per heavy atom. The van der Waals surface area contributed by atoms with Crippen molar-refractivity contribution >= 4 is 39.2 Å². The van der Waals surface area contributed by atoms with Crippen molar-refractivity contribution in [2.24, 2.45) is 0 Å². The molecule has 92 valence electrons. The van der Waals surface area contributed by atoms with E-state index >= 15 is 0 Å². The highest BCUT2D eigenvalue weighted by molar-refractivity contribution is 9.10. The first-order chi connectivity index (χ1) is 8.58. The van der Waals surface area contributed by atoms with Crippen LogP contribution in [0.2, 0.25) is 0 Å². The highest BCUT2D eigenvalue weighted by Crippen LogP contribution is 2.34. The van der Waals surface area contributed by atoms with Crippen LogP contribution in [0.15, 0.2) is 39.2 Å². The van der Waals surface area contributed by atoms with Gasteiger partial charge in [0, 0.05) is 10.7 Å². The Morgan fingerprint density at radius 1 is 1.33 bits per heavy atom. The van der Waals surface area contributed by atoms with Crippen LogP contribution in [-0.4, -0.2) is 19.9 Å². The lowest BCUT2D eigenvalue weighted by Crippen LogP contribution is -2.01. The maximum absolute atomic E-state index is 10.9. The minimum atomic E-state index is -0.601. The van der Waals surface area contributed by atoms with Gasteiger partial charge in [-0.1, -0.05) is 0 Å². The maximum Gasteiger partial charge on any atom is 0.343 e. The van der Waals surface area contributed by atoms with E-state index in [1.165, 1.54) is 6.33 Å². The van der Waals surface area contributed by atoms with Gasteiger partial charge in [0.15, 0.2) is 5.03 Å². The largest absolute Gasteiger partial charge is 0.378 e. The molecule has 0 radical (unpaired) electrons. The van der Waals surface area contributed by atoms with E-state index in [1.807, 2.05) is 0 Å². The topological polar surface area (TPSA) is 108 Å². The van der Waals surface area contributed by atoms with E-state index in [4.69, 9.17) is 5.73 Å². The summed E-state index contributed by atoms with van der Waals surface area (Å²) in [6.45, 7) is 0. The monoisotopic (exact) mass is 327 g/mol. The first-order valence-electron chi connectivity index (χ1n) is 4.62. The number of anilines is 1. The molecule has 0 saturated carbocycles. The molecule has 0 aliphatic rings. The number of hydrogen-bond acceptors (Lipinski definition) is 7. The summed E-state index contributed by atoms with van der Waals surface area (Å²) in [5.74, 6) is -0.158. The summed E-state index contributed by atoms with van der Waals surface area (Å²) in [5, 5.41) is 11.6. The van der Waals surface area contributed by atoms with Crippen LogP contribution in [0.3, 0.4) is 0 Å². The van der Waals surface area contributed by atoms with Gasteiger partial charge in [-0.25, -0.2) is 15.0 Å². The van der Waals surface area contributed by atoms with Gasteiger partial charge in [-0.05, 0) is 39.8 Å². The quantitative estimate of drug-likeness (QED) is 0.523. The van der Waals surface area contributed by atoms with Crippen LogP contribution in [-0.2, 0) is 0 Å². The number of nitro groups is 1. The Kier molecular flexibility index (Phi) is 3.72. The SMILES string of the molecule is Nc1ncnc(Sc2ccc(Br)cn2)c1[N+](=O)[O-]. The Labute approximate surface area is 114 Å². The van der Waals surface area contributed by atoms with Gasteiger partial charge >= 0.3 is 5.69 Å². The predicted molar refractivity (Wildman–Crippen MR) is 69.2 cm³/mol. The van der Waals surface area contributed by atoms with Crippen LogP contribution in [0.25, 0.3) is 0 Å². The van der Waals surface area contributed by atoms with Gasteiger partial charge in [0.2, 0.25) is 5.82 Å². The van der Waals surface area contributed by atoms with E-state index < -0.39 is 4.92 Å². The third-order valence-electron chi connectivity index (χ3n) is 1.90. The third kappa shape index (κ3) is 2.74. The zero-order valence-electron chi connectivity index (χ0n) is 8.78. The molecule has 0 amide bonds. The molecule has 2 rings (SSSR count). The fraction of sp³-hybridized carbons (Fsp3) is 0. The molecule has 0 spiro atoms. The van der Waals surface area contributed by atoms with Crippen molar-refractivity contribution in [2.75, 3.05) is 5.73 Å². The number of nitrogens with two attached hydrogens (primary N) is 1. The van der Waals surface area contributed by atoms with E-state index in [0.717, 1.165) is 16.2 Å². The molecule has 0 aliphatic carbocycles. The van der Waals surface area contributed by atoms with Crippen LogP contribution in [0, 0.1) is 10.1 Å². The van der Waals surface area contributed by atoms with E-state index in [9.17, 15) is 10.1 Å². The third-order valence-corrected chi connectivity index (χ3v) is 3.31. The van der Waals surface area contributed by atoms with Crippen molar-refractivity contribution < 1.29 is 4.92 Å². The molecule has 0 fully saturated rings. The molecule has 2 aromatic heterocycles. The molecule has 0 saturated heterocycles. The summed E-state index contributed by atoms with van der Waals surface area (Å²) in [6.07, 6.45) is 2.78. The second kappa shape index (κ2) is 5.27. The van der Waals surface area contributed by atoms with E-state index in [0.29, 0.717) is 5.03 Å². The Hall–Kier alpha value is -1.74. The first kappa shape index (κ1) is 12.7. The fourth-order valence-corrected chi connectivity index (χ4v) is 2.19. The average molecular weight is 328 g/mol. The van der Waals surface area contributed by atoms with Crippen LogP contribution in [0.1, 0.15) is 0 Å². The second-order valence-corrected chi connectivity index (χ2v) is 5.01. The Balaban J connectivity index is 2.37. The van der Waals surface area contributed by atoms with Crippen molar-refractivity contribution in [2.45, 2.75) is 10.1 Å². The average Bonchev–Trinajstić information content (AvgIpc) is 2.32. The molecule has 0 aliphatic heterocycles. The molecule has 2 heterocycles. The lowest BCUT2D eigenvalue weighted by Gasteiger charge is -2.02. The predicted octanol–water partition coefficient (Wildman–Crippen LogP) is 2.28. The second-order valence-electron chi connectivity index (χ2n) is 3.09. The van der Waals surface area contributed by atoms with Gasteiger partial charge in [0.1, 0.15) is 11.4 Å². The van der Waals surface area contributed by atoms with Gasteiger partial charge in [-0.2, -0.15) is 0 Å². The Morgan fingerprint density at radius 2 is 2.11 bits per heavy atom. The zero-order chi connectivity index (χ0) is 13.1. The van der Waals surface area contributed by atoms with Gasteiger partial charge in [0.25, 0.3) is 0 Å². The number of nitrogen functional groups attached to an aromatic ring is 1. The summed E-state index contributed by atoms with van der Waals surface area (Å²) >= 11 is 4.32. The number of aromatic nitrogens is 3. The lowest BCUT2D eigenvalue weighted by molar-refractivity contribution is -0.387. The molecule has 0 unspecified atom stereocenters. The summed E-state index contributed by atoms with van der Waals surface area (Å²) in [4.78, 5) is 21.8. The molecular weight excluding hydrogens is 322 g/mol. The van der Waals surface area contributed by atoms with Crippen LogP contribution < -0.4 is 5.73 Å². The van der Waals surface area contributed by atoms with Crippen molar-refractivity contribution in [1.29, 1.82) is 0 Å². The summed E-state index contributed by atoms with van der Waals surface area (Å²) in [5.41, 5.74) is 5.17. The molecule has 0 aromatic carbocycles. The normalized spacial score (nSPS) is 10.3. The smallest absolute Gasteiger partial charge is 0.343 e. The van der Waals surface area contributed by atoms with Crippen LogP contribution in [0.4, 0.5) is 11.5 Å². The summed E-state index contributed by atoms with van der Waals surface area (Å²) in [6, 6.07) is 3.50. The van der Waals surface area contributed by atoms with Crippen LogP contribution in [0.5, 0.6) is 0 Å². The van der Waals surface area contributed by atoms with Crippen molar-refractivity contribution in [1.82, 2.24) is 15.0 Å². The van der Waals surface area contributed by atoms with Gasteiger partial charge in [-0.3, -0.25) is 10.1 Å². The van der Waals surface area contributed by atoms with Crippen LogP contribution >= 0.6 is 27.7 Å². The van der Waals surface area contributed by atoms with Gasteiger partial charge in [-0.15, -0.1) is 0 Å². The molecule has 9 heteroatoms. The Bertz CT molecular complexity index is 592. The first-order valence-corrected chi connectivity index (χ1v) is 6.23. The maximum atomic E-state index is 10.9. The zero-order valence-corrected chi connectivity index (χ0v) is 11.2. The van der Waals surface area contributed by atoms with Crippen molar-refractivity contribution in [3.05, 3.63) is 39.2 Å². The standard InChI is InChI=1S/C9H6BrN5O2S/c10-5-1-2-6(12-3-5)18-9-7(15(16)17)8(11)13-4-14-9/h1-4H,(H2,11,13,14). The van der Waals surface area contributed by atoms with Crippen molar-refractivity contribution in [3.63, 3.8) is 0 Å². The number of hydrogen-bond donors (Lipinski definition) is 1. The number of rotatable bonds is 3. The molecule has 2 N–H and O–H groups in total. The fourth-order valence-electron chi connectivity index (χ4n) is 1.14. The molecular formula is C9H6BrN5O2S.